The molecule has 0 aliphatic carbocycles. The number of carbonyl (C=O) groups is 1. The predicted octanol–water partition coefficient (Wildman–Crippen LogP) is 1.99. The van der Waals surface area contributed by atoms with Crippen LogP contribution in [0, 0.1) is 0 Å². The number of rotatable bonds is 4. The predicted molar refractivity (Wildman–Crippen MR) is 78.9 cm³/mol. The first-order valence-corrected chi connectivity index (χ1v) is 7.71. The van der Waals surface area contributed by atoms with Crippen LogP contribution in [0.1, 0.15) is 32.4 Å². The number of aliphatic hydroxyl groups excluding tert-OH is 1. The van der Waals surface area contributed by atoms with Gasteiger partial charge in [-0.05, 0) is 43.2 Å². The van der Waals surface area contributed by atoms with Crippen LogP contribution in [-0.2, 0) is 4.74 Å². The van der Waals surface area contributed by atoms with Crippen LogP contribution in [-0.4, -0.2) is 47.4 Å². The molecule has 1 unspecified atom stereocenters. The van der Waals surface area contributed by atoms with Crippen LogP contribution >= 0.6 is 11.3 Å². The molecule has 1 amide bonds. The highest BCUT2D eigenvalue weighted by Gasteiger charge is 2.33. The Labute approximate surface area is 123 Å². The second-order valence-electron chi connectivity index (χ2n) is 6.06. The van der Waals surface area contributed by atoms with Gasteiger partial charge in [0.05, 0.1) is 6.10 Å². The Morgan fingerprint density at radius 2 is 2.30 bits per heavy atom. The Morgan fingerprint density at radius 3 is 2.85 bits per heavy atom. The summed E-state index contributed by atoms with van der Waals surface area (Å²) in [6.45, 7) is 7.34. The Balaban J connectivity index is 1.66. The van der Waals surface area contributed by atoms with Gasteiger partial charge in [-0.2, -0.15) is 11.3 Å². The number of thiophene rings is 1. The molecule has 2 heterocycles. The van der Waals surface area contributed by atoms with E-state index in [1.54, 1.807) is 16.2 Å². The highest BCUT2D eigenvalue weighted by molar-refractivity contribution is 7.07. The highest BCUT2D eigenvalue weighted by atomic mass is 32.1. The summed E-state index contributed by atoms with van der Waals surface area (Å²) in [4.78, 5) is 13.4. The summed E-state index contributed by atoms with van der Waals surface area (Å²) in [5.41, 5.74) is 0.482. The molecule has 1 fully saturated rings. The second kappa shape index (κ2) is 6.11. The Kier molecular flexibility index (Phi) is 4.67. The van der Waals surface area contributed by atoms with Gasteiger partial charge in [0.1, 0.15) is 5.60 Å². The molecule has 2 rings (SSSR count). The Bertz CT molecular complexity index is 436. The largest absolute Gasteiger partial charge is 0.444 e. The van der Waals surface area contributed by atoms with Crippen LogP contribution in [0.2, 0.25) is 0 Å². The fraction of sp³-hybridized carbons (Fsp3) is 0.643. The first kappa shape index (κ1) is 15.3. The molecule has 1 atom stereocenters. The Hall–Kier alpha value is -1.11. The first-order valence-electron chi connectivity index (χ1n) is 6.76. The SMILES string of the molecule is CC(C)(C)OC(=O)N1CC(NCC(O)c2ccsc2)C1. The van der Waals surface area contributed by atoms with E-state index in [9.17, 15) is 9.90 Å². The maximum Gasteiger partial charge on any atom is 0.410 e. The molecule has 0 spiro atoms. The van der Waals surface area contributed by atoms with Crippen molar-refractivity contribution in [1.82, 2.24) is 10.2 Å². The molecular weight excluding hydrogens is 276 g/mol. The average Bonchev–Trinajstić information content (AvgIpc) is 2.77. The molecule has 5 nitrogen and oxygen atoms in total. The summed E-state index contributed by atoms with van der Waals surface area (Å²) in [5, 5.41) is 17.1. The smallest absolute Gasteiger partial charge is 0.410 e. The van der Waals surface area contributed by atoms with E-state index < -0.39 is 11.7 Å². The molecule has 6 heteroatoms. The number of ether oxygens (including phenoxy) is 1. The lowest BCUT2D eigenvalue weighted by atomic mass is 10.1. The molecule has 1 aliphatic heterocycles. The van der Waals surface area contributed by atoms with Crippen molar-refractivity contribution in [3.8, 4) is 0 Å². The lowest BCUT2D eigenvalue weighted by molar-refractivity contribution is 0.00420. The van der Waals surface area contributed by atoms with E-state index in [0.29, 0.717) is 19.6 Å². The number of nitrogens with one attached hydrogen (secondary N) is 1. The van der Waals surface area contributed by atoms with Crippen molar-refractivity contribution in [2.45, 2.75) is 38.5 Å². The summed E-state index contributed by atoms with van der Waals surface area (Å²) in [7, 11) is 0. The van der Waals surface area contributed by atoms with Gasteiger partial charge >= 0.3 is 6.09 Å². The minimum Gasteiger partial charge on any atom is -0.444 e. The van der Waals surface area contributed by atoms with Gasteiger partial charge in [-0.3, -0.25) is 0 Å². The van der Waals surface area contributed by atoms with Crippen LogP contribution in [0.3, 0.4) is 0 Å². The summed E-state index contributed by atoms with van der Waals surface area (Å²) < 4.78 is 5.29. The van der Waals surface area contributed by atoms with E-state index in [-0.39, 0.29) is 12.1 Å². The fourth-order valence-electron chi connectivity index (χ4n) is 1.94. The number of likely N-dealkylation sites (tertiary alicyclic amines) is 1. The van der Waals surface area contributed by atoms with E-state index in [1.807, 2.05) is 37.6 Å². The van der Waals surface area contributed by atoms with Crippen molar-refractivity contribution in [2.24, 2.45) is 0 Å². The van der Waals surface area contributed by atoms with Crippen molar-refractivity contribution >= 4 is 17.4 Å². The molecule has 112 valence electrons. The minimum atomic E-state index is -0.489. The van der Waals surface area contributed by atoms with Gasteiger partial charge in [-0.1, -0.05) is 0 Å². The van der Waals surface area contributed by atoms with E-state index in [0.717, 1.165) is 5.56 Å². The van der Waals surface area contributed by atoms with Crippen molar-refractivity contribution < 1.29 is 14.6 Å². The van der Waals surface area contributed by atoms with Crippen LogP contribution in [0.4, 0.5) is 4.79 Å². The van der Waals surface area contributed by atoms with Gasteiger partial charge in [0, 0.05) is 25.7 Å². The summed E-state index contributed by atoms with van der Waals surface area (Å²) in [6.07, 6.45) is -0.759. The zero-order chi connectivity index (χ0) is 14.8. The maximum atomic E-state index is 11.7. The topological polar surface area (TPSA) is 61.8 Å². The first-order chi connectivity index (χ1) is 9.35. The summed E-state index contributed by atoms with van der Waals surface area (Å²) in [6, 6.07) is 2.15. The molecule has 20 heavy (non-hydrogen) atoms. The van der Waals surface area contributed by atoms with Gasteiger partial charge in [0.25, 0.3) is 0 Å². The number of hydrogen-bond donors (Lipinski definition) is 2. The lowest BCUT2D eigenvalue weighted by Gasteiger charge is -2.40. The van der Waals surface area contributed by atoms with E-state index in [2.05, 4.69) is 5.32 Å². The van der Waals surface area contributed by atoms with Crippen LogP contribution in [0.15, 0.2) is 16.8 Å². The monoisotopic (exact) mass is 298 g/mol. The molecule has 1 aromatic rings. The third-order valence-electron chi connectivity index (χ3n) is 3.06. The molecule has 0 radical (unpaired) electrons. The van der Waals surface area contributed by atoms with E-state index in [1.165, 1.54) is 0 Å². The van der Waals surface area contributed by atoms with Gasteiger partial charge < -0.3 is 20.1 Å². The summed E-state index contributed by atoms with van der Waals surface area (Å²) in [5.74, 6) is 0. The number of hydrogen-bond acceptors (Lipinski definition) is 5. The average molecular weight is 298 g/mol. The van der Waals surface area contributed by atoms with Crippen molar-refractivity contribution in [3.05, 3.63) is 22.4 Å². The zero-order valence-corrected chi connectivity index (χ0v) is 12.9. The van der Waals surface area contributed by atoms with E-state index >= 15 is 0 Å². The third-order valence-corrected chi connectivity index (χ3v) is 3.76. The third kappa shape index (κ3) is 4.19. The van der Waals surface area contributed by atoms with E-state index in [4.69, 9.17) is 4.74 Å². The molecule has 1 aromatic heterocycles. The summed E-state index contributed by atoms with van der Waals surface area (Å²) >= 11 is 1.57. The Morgan fingerprint density at radius 1 is 1.60 bits per heavy atom. The highest BCUT2D eigenvalue weighted by Crippen LogP contribution is 2.18. The minimum absolute atomic E-state index is 0.232. The fourth-order valence-corrected chi connectivity index (χ4v) is 2.65. The standard InChI is InChI=1S/C14H22N2O3S/c1-14(2,3)19-13(18)16-7-11(8-16)15-6-12(17)10-4-5-20-9-10/h4-5,9,11-12,15,17H,6-8H2,1-3H3. The lowest BCUT2D eigenvalue weighted by Crippen LogP contribution is -2.61. The number of amides is 1. The maximum absolute atomic E-state index is 11.7. The van der Waals surface area contributed by atoms with Gasteiger partial charge in [0.2, 0.25) is 0 Å². The normalized spacial score (nSPS) is 17.7. The second-order valence-corrected chi connectivity index (χ2v) is 6.84. The zero-order valence-electron chi connectivity index (χ0n) is 12.1. The van der Waals surface area contributed by atoms with Gasteiger partial charge in [-0.25, -0.2) is 4.79 Å². The quantitative estimate of drug-likeness (QED) is 0.892. The molecule has 0 bridgehead atoms. The number of carbonyl (C=O) groups excluding carboxylic acids is 1. The molecule has 0 saturated carbocycles. The van der Waals surface area contributed by atoms with Crippen molar-refractivity contribution in [1.29, 1.82) is 0 Å². The van der Waals surface area contributed by atoms with Crippen molar-refractivity contribution in [2.75, 3.05) is 19.6 Å². The molecule has 0 aromatic carbocycles. The molecular formula is C14H22N2O3S. The molecule has 2 N–H and O–H groups in total. The van der Waals surface area contributed by atoms with Crippen LogP contribution in [0.5, 0.6) is 0 Å². The van der Waals surface area contributed by atoms with Crippen LogP contribution < -0.4 is 5.32 Å². The van der Waals surface area contributed by atoms with Gasteiger partial charge in [-0.15, -0.1) is 0 Å². The number of aliphatic hydroxyl groups is 1. The van der Waals surface area contributed by atoms with Crippen molar-refractivity contribution in [3.63, 3.8) is 0 Å². The molecule has 1 aliphatic rings. The molecule has 1 saturated heterocycles. The van der Waals surface area contributed by atoms with Crippen LogP contribution in [0.25, 0.3) is 0 Å². The number of nitrogens with zero attached hydrogens (tertiary/aromatic N) is 1. The van der Waals surface area contributed by atoms with Gasteiger partial charge in [0.15, 0.2) is 0 Å².